The Labute approximate surface area is 175 Å². The predicted molar refractivity (Wildman–Crippen MR) is 110 cm³/mol. The molecular formula is C19H19FN4O3S2. The third kappa shape index (κ3) is 6.52. The highest BCUT2D eigenvalue weighted by Gasteiger charge is 2.21. The van der Waals surface area contributed by atoms with E-state index in [0.717, 1.165) is 34.6 Å². The van der Waals surface area contributed by atoms with Crippen LogP contribution >= 0.6 is 23.1 Å². The van der Waals surface area contributed by atoms with Crippen molar-refractivity contribution < 1.29 is 18.8 Å². The molecule has 1 amide bonds. The first-order valence-corrected chi connectivity index (χ1v) is 10.8. The van der Waals surface area contributed by atoms with Crippen LogP contribution in [0.3, 0.4) is 0 Å². The molecule has 10 heteroatoms. The molecule has 1 N–H and O–H groups in total. The van der Waals surface area contributed by atoms with E-state index in [4.69, 9.17) is 14.8 Å². The fourth-order valence-electron chi connectivity index (χ4n) is 2.47. The van der Waals surface area contributed by atoms with E-state index in [2.05, 4.69) is 21.5 Å². The first kappa shape index (κ1) is 21.2. The molecule has 0 saturated carbocycles. The van der Waals surface area contributed by atoms with Gasteiger partial charge in [-0.2, -0.15) is 9.65 Å². The van der Waals surface area contributed by atoms with Crippen LogP contribution in [0.1, 0.15) is 24.8 Å². The highest BCUT2D eigenvalue weighted by molar-refractivity contribution is 7.99. The summed E-state index contributed by atoms with van der Waals surface area (Å²) in [6.45, 7) is 1.02. The number of anilines is 1. The fourth-order valence-corrected chi connectivity index (χ4v) is 3.86. The number of nitrogens with zero attached hydrogens (tertiary/aromatic N) is 3. The van der Waals surface area contributed by atoms with Crippen LogP contribution < -0.4 is 5.32 Å². The molecule has 1 aromatic carbocycles. The third-order valence-electron chi connectivity index (χ3n) is 3.92. The van der Waals surface area contributed by atoms with Crippen LogP contribution in [0.25, 0.3) is 0 Å². The second kappa shape index (κ2) is 10.9. The normalized spacial score (nSPS) is 16.4. The van der Waals surface area contributed by atoms with Gasteiger partial charge in [0.25, 0.3) is 5.91 Å². The topological polar surface area (TPSA) is 96.6 Å². The molecule has 7 nitrogen and oxygen atoms in total. The lowest BCUT2D eigenvalue weighted by Crippen LogP contribution is -2.25. The fraction of sp³-hybridized carbons (Fsp3) is 0.368. The van der Waals surface area contributed by atoms with Gasteiger partial charge in [-0.3, -0.25) is 10.1 Å². The first-order chi connectivity index (χ1) is 14.2. The van der Waals surface area contributed by atoms with E-state index in [1.54, 1.807) is 23.9 Å². The summed E-state index contributed by atoms with van der Waals surface area (Å²) in [6, 6.07) is 9.46. The van der Waals surface area contributed by atoms with Gasteiger partial charge in [-0.15, -0.1) is 11.8 Å². The van der Waals surface area contributed by atoms with Gasteiger partial charge in [0.1, 0.15) is 0 Å². The zero-order chi connectivity index (χ0) is 20.5. The summed E-state index contributed by atoms with van der Waals surface area (Å²) in [6.07, 6.45) is 2.89. The average Bonchev–Trinajstić information content (AvgIpc) is 3.38. The molecule has 0 radical (unpaired) electrons. The van der Waals surface area contributed by atoms with E-state index < -0.39 is 11.0 Å². The Morgan fingerprint density at radius 2 is 2.31 bits per heavy atom. The number of amides is 1. The van der Waals surface area contributed by atoms with E-state index in [1.165, 1.54) is 0 Å². The number of aromatic nitrogens is 1. The number of unbranched alkanes of at least 4 members (excludes halogenated alkanes) is 1. The average molecular weight is 435 g/mol. The van der Waals surface area contributed by atoms with Crippen LogP contribution in [0.4, 0.5) is 9.52 Å². The van der Waals surface area contributed by atoms with Gasteiger partial charge in [-0.25, -0.2) is 4.98 Å². The summed E-state index contributed by atoms with van der Waals surface area (Å²) in [7, 11) is 0. The lowest BCUT2D eigenvalue weighted by atomic mass is 10.1. The molecule has 2 heterocycles. The Hall–Kier alpha value is -2.48. The number of carbonyl (C=O) groups is 1. The molecule has 1 aliphatic rings. The molecule has 0 unspecified atom stereocenters. The van der Waals surface area contributed by atoms with Crippen molar-refractivity contribution in [1.29, 1.82) is 5.26 Å². The number of nitriles is 1. The maximum atomic E-state index is 13.2. The Balaban J connectivity index is 1.72. The summed E-state index contributed by atoms with van der Waals surface area (Å²) in [4.78, 5) is 23.0. The molecule has 1 aromatic heterocycles. The zero-order valence-corrected chi connectivity index (χ0v) is 17.1. The predicted octanol–water partition coefficient (Wildman–Crippen LogP) is 3.83. The van der Waals surface area contributed by atoms with Crippen LogP contribution in [0, 0.1) is 16.5 Å². The quantitative estimate of drug-likeness (QED) is 0.279. The van der Waals surface area contributed by atoms with Crippen molar-refractivity contribution in [1.82, 2.24) is 4.98 Å². The zero-order valence-electron chi connectivity index (χ0n) is 15.5. The number of thiazole rings is 1. The van der Waals surface area contributed by atoms with Gasteiger partial charge in [0.15, 0.2) is 22.1 Å². The largest absolute Gasteiger partial charge is 0.389 e. The molecule has 1 fully saturated rings. The van der Waals surface area contributed by atoms with Gasteiger partial charge < -0.3 is 9.57 Å². The van der Waals surface area contributed by atoms with E-state index in [-0.39, 0.29) is 16.9 Å². The number of halogens is 1. The number of carbonyl (C=O) groups excluding carboxylic acids is 1. The molecule has 29 heavy (non-hydrogen) atoms. The van der Waals surface area contributed by atoms with E-state index in [9.17, 15) is 9.18 Å². The lowest BCUT2D eigenvalue weighted by Gasteiger charge is -2.10. The Kier molecular flexibility index (Phi) is 7.98. The van der Waals surface area contributed by atoms with Gasteiger partial charge in [-0.05, 0) is 24.3 Å². The minimum Gasteiger partial charge on any atom is -0.389 e. The summed E-state index contributed by atoms with van der Waals surface area (Å²) in [5.74, 6) is 0.307. The second-order valence-corrected chi connectivity index (χ2v) is 8.24. The van der Waals surface area contributed by atoms with Crippen molar-refractivity contribution >= 4 is 39.8 Å². The molecule has 0 bridgehead atoms. The van der Waals surface area contributed by atoms with Crippen LogP contribution in [-0.4, -0.2) is 41.7 Å². The van der Waals surface area contributed by atoms with Crippen molar-refractivity contribution in [2.75, 3.05) is 24.3 Å². The number of hydrogen-bond donors (Lipinski definition) is 1. The molecule has 1 atom stereocenters. The minimum atomic E-state index is -0.535. The lowest BCUT2D eigenvalue weighted by molar-refractivity contribution is -0.110. The van der Waals surface area contributed by atoms with Gasteiger partial charge in [-0.1, -0.05) is 28.6 Å². The van der Waals surface area contributed by atoms with E-state index in [0.29, 0.717) is 31.6 Å². The van der Waals surface area contributed by atoms with Crippen LogP contribution in [0.5, 0.6) is 0 Å². The monoisotopic (exact) mass is 434 g/mol. The number of ether oxygens (including phenoxy) is 1. The summed E-state index contributed by atoms with van der Waals surface area (Å²) < 4.78 is 18.4. The molecule has 2 aromatic rings. The van der Waals surface area contributed by atoms with Crippen molar-refractivity contribution in [3.8, 4) is 6.07 Å². The second-order valence-electron chi connectivity index (χ2n) is 6.09. The van der Waals surface area contributed by atoms with Crippen molar-refractivity contribution in [3.05, 3.63) is 41.2 Å². The van der Waals surface area contributed by atoms with Crippen LogP contribution in [0.15, 0.2) is 40.5 Å². The molecular weight excluding hydrogens is 415 g/mol. The summed E-state index contributed by atoms with van der Waals surface area (Å²) in [5.41, 5.74) is 0.647. The van der Waals surface area contributed by atoms with E-state index >= 15 is 0 Å². The van der Waals surface area contributed by atoms with Gasteiger partial charge >= 0.3 is 0 Å². The van der Waals surface area contributed by atoms with Gasteiger partial charge in [0.2, 0.25) is 0 Å². The molecule has 0 aliphatic carbocycles. The molecule has 1 saturated heterocycles. The van der Waals surface area contributed by atoms with Crippen LogP contribution in [0.2, 0.25) is 0 Å². The maximum Gasteiger partial charge on any atom is 0.280 e. The number of benzene rings is 1. The molecule has 152 valence electrons. The van der Waals surface area contributed by atoms with Gasteiger partial charge in [0.05, 0.1) is 25.5 Å². The molecule has 0 spiro atoms. The Morgan fingerprint density at radius 3 is 2.97 bits per heavy atom. The number of rotatable bonds is 9. The number of oxime groups is 1. The van der Waals surface area contributed by atoms with Crippen molar-refractivity contribution in [3.63, 3.8) is 0 Å². The molecule has 3 rings (SSSR count). The number of hydrogen-bond acceptors (Lipinski definition) is 8. The smallest absolute Gasteiger partial charge is 0.280 e. The highest BCUT2D eigenvalue weighted by atomic mass is 32.2. The number of thioether (sulfide) groups is 1. The van der Waals surface area contributed by atoms with E-state index in [1.807, 2.05) is 12.1 Å². The SMILES string of the molecule is N#CCCCSc1ccc(/C(=N\O[C@@H]2CCOC2)C(=O)Nc2ncc(F)s2)cc1. The third-order valence-corrected chi connectivity index (χ3v) is 5.72. The maximum absolute atomic E-state index is 13.2. The Morgan fingerprint density at radius 1 is 1.48 bits per heavy atom. The van der Waals surface area contributed by atoms with Crippen molar-refractivity contribution in [2.45, 2.75) is 30.3 Å². The first-order valence-electron chi connectivity index (χ1n) is 9.00. The standard InChI is InChI=1S/C19H19FN4O3S2/c20-16-11-22-19(29-16)23-18(25)17(24-27-14-7-9-26-12-14)13-3-5-15(6-4-13)28-10-2-1-8-21/h3-6,11,14H,1-2,7,9-10,12H2,(H,22,23,25)/b24-17+/t14-/m1/s1. The van der Waals surface area contributed by atoms with Crippen LogP contribution in [-0.2, 0) is 14.4 Å². The minimum absolute atomic E-state index is 0.0774. The highest BCUT2D eigenvalue weighted by Crippen LogP contribution is 2.21. The molecule has 1 aliphatic heterocycles. The Bertz CT molecular complexity index is 890. The summed E-state index contributed by atoms with van der Waals surface area (Å²) >= 11 is 2.37. The van der Waals surface area contributed by atoms with Crippen molar-refractivity contribution in [2.24, 2.45) is 5.16 Å². The number of nitrogens with one attached hydrogen (secondary N) is 1. The summed E-state index contributed by atoms with van der Waals surface area (Å²) in [5, 5.41) is 14.9. The van der Waals surface area contributed by atoms with Gasteiger partial charge in [0, 0.05) is 23.3 Å².